The lowest BCUT2D eigenvalue weighted by Gasteiger charge is -2.36. The minimum Gasteiger partial charge on any atom is -0.481 e. The Bertz CT molecular complexity index is 636. The van der Waals surface area contributed by atoms with Crippen molar-refractivity contribution in [1.29, 1.82) is 0 Å². The van der Waals surface area contributed by atoms with Gasteiger partial charge >= 0.3 is 12.1 Å². The molecule has 0 saturated carbocycles. The zero-order chi connectivity index (χ0) is 19.5. The van der Waals surface area contributed by atoms with E-state index >= 15 is 0 Å². The van der Waals surface area contributed by atoms with Crippen LogP contribution >= 0.6 is 0 Å². The summed E-state index contributed by atoms with van der Waals surface area (Å²) < 4.78 is 43.0. The first-order valence-corrected chi connectivity index (χ1v) is 8.51. The van der Waals surface area contributed by atoms with E-state index in [4.69, 9.17) is 4.74 Å². The first kappa shape index (κ1) is 20.1. The van der Waals surface area contributed by atoms with Crippen LogP contribution in [0.25, 0.3) is 0 Å². The third-order valence-corrected chi connectivity index (χ3v) is 4.33. The first-order chi connectivity index (χ1) is 12.1. The Kier molecular flexibility index (Phi) is 6.15. The van der Waals surface area contributed by atoms with Crippen LogP contribution in [0.5, 0.6) is 5.75 Å². The number of alkyl halides is 3. The molecular formula is C18H23F3N2O3. The Morgan fingerprint density at radius 3 is 1.92 bits per heavy atom. The highest BCUT2D eigenvalue weighted by molar-refractivity contribution is 5.83. The number of hydrogen-bond donors (Lipinski definition) is 0. The van der Waals surface area contributed by atoms with Crippen molar-refractivity contribution in [1.82, 2.24) is 9.80 Å². The van der Waals surface area contributed by atoms with Crippen LogP contribution in [0.15, 0.2) is 24.3 Å². The van der Waals surface area contributed by atoms with E-state index in [1.807, 2.05) is 12.1 Å². The van der Waals surface area contributed by atoms with E-state index in [-0.39, 0.29) is 32.1 Å². The molecule has 0 spiro atoms. The summed E-state index contributed by atoms with van der Waals surface area (Å²) in [5.41, 5.74) is 1.15. The van der Waals surface area contributed by atoms with Gasteiger partial charge in [0.25, 0.3) is 5.91 Å². The average molecular weight is 372 g/mol. The molecule has 1 aliphatic heterocycles. The van der Waals surface area contributed by atoms with Crippen LogP contribution in [0, 0.1) is 0 Å². The van der Waals surface area contributed by atoms with Gasteiger partial charge in [-0.3, -0.25) is 9.59 Å². The zero-order valence-corrected chi connectivity index (χ0v) is 15.0. The molecule has 0 radical (unpaired) electrons. The van der Waals surface area contributed by atoms with Crippen molar-refractivity contribution in [3.63, 3.8) is 0 Å². The van der Waals surface area contributed by atoms with Gasteiger partial charge in [-0.05, 0) is 30.5 Å². The second-order valence-electron chi connectivity index (χ2n) is 6.60. The largest absolute Gasteiger partial charge is 0.481 e. The maximum absolute atomic E-state index is 12.4. The molecule has 0 bridgehead atoms. The number of benzene rings is 1. The number of rotatable bonds is 4. The van der Waals surface area contributed by atoms with Gasteiger partial charge in [-0.25, -0.2) is 0 Å². The van der Waals surface area contributed by atoms with Crippen molar-refractivity contribution in [3.8, 4) is 5.75 Å². The molecule has 1 aromatic carbocycles. The number of hydrogen-bond acceptors (Lipinski definition) is 3. The van der Waals surface area contributed by atoms with E-state index in [2.05, 4.69) is 13.8 Å². The molecule has 0 N–H and O–H groups in total. The predicted octanol–water partition coefficient (Wildman–Crippen LogP) is 2.81. The topological polar surface area (TPSA) is 49.9 Å². The molecule has 1 aliphatic rings. The number of ether oxygens (including phenoxy) is 1. The predicted molar refractivity (Wildman–Crippen MR) is 89.8 cm³/mol. The molecule has 0 aliphatic carbocycles. The van der Waals surface area contributed by atoms with Gasteiger partial charge in [0.1, 0.15) is 5.75 Å². The fraction of sp³-hybridized carbons (Fsp3) is 0.556. The van der Waals surface area contributed by atoms with Gasteiger partial charge in [0.05, 0.1) is 0 Å². The van der Waals surface area contributed by atoms with E-state index in [0.29, 0.717) is 11.7 Å². The Morgan fingerprint density at radius 2 is 1.46 bits per heavy atom. The highest BCUT2D eigenvalue weighted by atomic mass is 19.4. The Labute approximate surface area is 150 Å². The SMILES string of the molecule is CC(Oc1ccc(C(C)C)cc1)C(=O)N1CCN(C(=O)C(F)(F)F)CC1. The van der Waals surface area contributed by atoms with E-state index in [1.165, 1.54) is 4.90 Å². The smallest absolute Gasteiger partial charge is 0.471 e. The van der Waals surface area contributed by atoms with E-state index in [0.717, 1.165) is 10.5 Å². The van der Waals surface area contributed by atoms with E-state index in [9.17, 15) is 22.8 Å². The molecule has 5 nitrogen and oxygen atoms in total. The molecule has 1 unspecified atom stereocenters. The quantitative estimate of drug-likeness (QED) is 0.817. The van der Waals surface area contributed by atoms with Crippen LogP contribution in [0.3, 0.4) is 0 Å². The lowest BCUT2D eigenvalue weighted by Crippen LogP contribution is -2.55. The summed E-state index contributed by atoms with van der Waals surface area (Å²) in [5, 5.41) is 0. The number of nitrogens with zero attached hydrogens (tertiary/aromatic N) is 2. The lowest BCUT2D eigenvalue weighted by atomic mass is 10.0. The van der Waals surface area contributed by atoms with Gasteiger partial charge in [-0.2, -0.15) is 13.2 Å². The second kappa shape index (κ2) is 7.97. The third kappa shape index (κ3) is 4.89. The molecule has 1 saturated heterocycles. The van der Waals surface area contributed by atoms with Crippen LogP contribution < -0.4 is 4.74 Å². The Hall–Kier alpha value is -2.25. The lowest BCUT2D eigenvalue weighted by molar-refractivity contribution is -0.187. The number of halogens is 3. The third-order valence-electron chi connectivity index (χ3n) is 4.33. The summed E-state index contributed by atoms with van der Waals surface area (Å²) in [6, 6.07) is 7.44. The Morgan fingerprint density at radius 1 is 0.962 bits per heavy atom. The molecule has 2 amide bonds. The summed E-state index contributed by atoms with van der Waals surface area (Å²) in [6.07, 6.45) is -5.64. The zero-order valence-electron chi connectivity index (χ0n) is 15.0. The highest BCUT2D eigenvalue weighted by Gasteiger charge is 2.43. The second-order valence-corrected chi connectivity index (χ2v) is 6.60. The van der Waals surface area contributed by atoms with Crippen LogP contribution in [-0.2, 0) is 9.59 Å². The van der Waals surface area contributed by atoms with Gasteiger partial charge in [0, 0.05) is 26.2 Å². The van der Waals surface area contributed by atoms with Gasteiger partial charge in [0.15, 0.2) is 6.10 Å². The van der Waals surface area contributed by atoms with Gasteiger partial charge in [-0.15, -0.1) is 0 Å². The summed E-state index contributed by atoms with van der Waals surface area (Å²) in [4.78, 5) is 25.8. The molecule has 26 heavy (non-hydrogen) atoms. The molecule has 1 aromatic rings. The minimum atomic E-state index is -4.88. The van der Waals surface area contributed by atoms with Crippen LogP contribution in [-0.4, -0.2) is 60.1 Å². The molecule has 2 rings (SSSR count). The molecule has 8 heteroatoms. The van der Waals surface area contributed by atoms with Crippen LogP contribution in [0.4, 0.5) is 13.2 Å². The van der Waals surface area contributed by atoms with Crippen molar-refractivity contribution < 1.29 is 27.5 Å². The van der Waals surface area contributed by atoms with Crippen molar-refractivity contribution in [3.05, 3.63) is 29.8 Å². The van der Waals surface area contributed by atoms with Gasteiger partial charge in [0.2, 0.25) is 0 Å². The number of carbonyl (C=O) groups excluding carboxylic acids is 2. The first-order valence-electron chi connectivity index (χ1n) is 8.51. The molecule has 0 aromatic heterocycles. The van der Waals surface area contributed by atoms with Crippen LogP contribution in [0.1, 0.15) is 32.3 Å². The fourth-order valence-electron chi connectivity index (χ4n) is 2.75. The van der Waals surface area contributed by atoms with E-state index < -0.39 is 18.2 Å². The normalized spacial score (nSPS) is 16.6. The maximum atomic E-state index is 12.4. The molecule has 144 valence electrons. The Balaban J connectivity index is 1.88. The molecular weight excluding hydrogens is 349 g/mol. The summed E-state index contributed by atoms with van der Waals surface area (Å²) in [7, 11) is 0. The molecule has 1 heterocycles. The van der Waals surface area contributed by atoms with Crippen molar-refractivity contribution >= 4 is 11.8 Å². The van der Waals surface area contributed by atoms with Gasteiger partial charge in [-0.1, -0.05) is 26.0 Å². The highest BCUT2D eigenvalue weighted by Crippen LogP contribution is 2.21. The van der Waals surface area contributed by atoms with Gasteiger partial charge < -0.3 is 14.5 Å². The van der Waals surface area contributed by atoms with Crippen molar-refractivity contribution in [2.75, 3.05) is 26.2 Å². The minimum absolute atomic E-state index is 0.0562. The average Bonchev–Trinajstić information content (AvgIpc) is 2.60. The van der Waals surface area contributed by atoms with Crippen molar-refractivity contribution in [2.24, 2.45) is 0 Å². The summed E-state index contributed by atoms with van der Waals surface area (Å²) >= 11 is 0. The van der Waals surface area contributed by atoms with Crippen LogP contribution in [0.2, 0.25) is 0 Å². The van der Waals surface area contributed by atoms with Crippen molar-refractivity contribution in [2.45, 2.75) is 39.0 Å². The fourth-order valence-corrected chi connectivity index (χ4v) is 2.75. The summed E-state index contributed by atoms with van der Waals surface area (Å²) in [5.74, 6) is -1.23. The monoisotopic (exact) mass is 372 g/mol. The maximum Gasteiger partial charge on any atom is 0.471 e. The van der Waals surface area contributed by atoms with E-state index in [1.54, 1.807) is 19.1 Å². The number of carbonyl (C=O) groups is 2. The number of piperazine rings is 1. The summed E-state index contributed by atoms with van der Waals surface area (Å²) in [6.45, 7) is 5.59. The molecule has 1 atom stereocenters. The molecule has 1 fully saturated rings. The standard InChI is InChI=1S/C18H23F3N2O3/c1-12(2)14-4-6-15(7-5-14)26-13(3)16(24)22-8-10-23(11-9-22)17(25)18(19,20)21/h4-7,12-13H,8-11H2,1-3H3. The number of amides is 2.